The summed E-state index contributed by atoms with van der Waals surface area (Å²) in [6, 6.07) is 34.6. The Morgan fingerprint density at radius 2 is 1.42 bits per heavy atom. The maximum absolute atomic E-state index is 15.6. The molecule has 1 aliphatic rings. The molecule has 2 aromatic heterocycles. The average Bonchev–Trinajstić information content (AvgIpc) is 3.84. The first-order valence-corrected chi connectivity index (χ1v) is 20.7. The molecule has 328 valence electrons. The van der Waals surface area contributed by atoms with E-state index < -0.39 is 52.0 Å². The highest BCUT2D eigenvalue weighted by molar-refractivity contribution is 6.22. The monoisotopic (exact) mass is 872 g/mol. The highest BCUT2D eigenvalue weighted by atomic mass is 19.4. The van der Waals surface area contributed by atoms with Crippen molar-refractivity contribution in [3.05, 3.63) is 167 Å². The number of rotatable bonds is 17. The molecule has 16 heteroatoms. The van der Waals surface area contributed by atoms with E-state index in [-0.39, 0.29) is 18.0 Å². The Kier molecular flexibility index (Phi) is 13.3. The number of anilines is 1. The molecule has 0 radical (unpaired) electrons. The number of hydrogen-bond acceptors (Lipinski definition) is 8. The molecule has 6 aromatic rings. The number of urea groups is 1. The Bertz CT molecular complexity index is 2560. The van der Waals surface area contributed by atoms with E-state index in [4.69, 9.17) is 10.1 Å². The van der Waals surface area contributed by atoms with Gasteiger partial charge in [0.25, 0.3) is 5.91 Å². The summed E-state index contributed by atoms with van der Waals surface area (Å²) in [6.45, 7) is 3.02. The zero-order valence-corrected chi connectivity index (χ0v) is 35.1. The van der Waals surface area contributed by atoms with Crippen molar-refractivity contribution in [2.75, 3.05) is 4.90 Å². The third-order valence-corrected chi connectivity index (χ3v) is 11.2. The molecule has 7 rings (SSSR count). The molecule has 1 N–H and O–H groups in total. The number of amides is 4. The highest BCUT2D eigenvalue weighted by Gasteiger charge is 2.52. The predicted molar refractivity (Wildman–Crippen MR) is 228 cm³/mol. The van der Waals surface area contributed by atoms with E-state index in [1.54, 1.807) is 16.9 Å². The number of benzene rings is 4. The molecule has 0 atom stereocenters. The molecular weight excluding hydrogens is 829 g/mol. The number of unbranched alkanes of at least 4 members (excludes halogenated alkanes) is 4. The van der Waals surface area contributed by atoms with Gasteiger partial charge >= 0.3 is 12.2 Å². The van der Waals surface area contributed by atoms with Gasteiger partial charge in [-0.25, -0.2) is 24.5 Å². The van der Waals surface area contributed by atoms with Gasteiger partial charge in [-0.2, -0.15) is 18.4 Å². The van der Waals surface area contributed by atoms with Crippen LogP contribution in [0.4, 0.5) is 28.0 Å². The van der Waals surface area contributed by atoms with Crippen LogP contribution in [0.25, 0.3) is 11.3 Å². The van der Waals surface area contributed by atoms with Gasteiger partial charge in [-0.3, -0.25) is 19.1 Å². The van der Waals surface area contributed by atoms with Crippen molar-refractivity contribution in [3.8, 4) is 17.3 Å². The first-order valence-electron chi connectivity index (χ1n) is 20.7. The molecule has 0 saturated carbocycles. The summed E-state index contributed by atoms with van der Waals surface area (Å²) in [5, 5.41) is 17.5. The Morgan fingerprint density at radius 1 is 0.828 bits per heavy atom. The smallest absolute Gasteiger partial charge is 0.305 e. The van der Waals surface area contributed by atoms with Gasteiger partial charge in [0.05, 0.1) is 30.2 Å². The fourth-order valence-electron chi connectivity index (χ4n) is 7.72. The summed E-state index contributed by atoms with van der Waals surface area (Å²) in [5.74, 6) is -1.75. The van der Waals surface area contributed by atoms with Crippen LogP contribution in [-0.4, -0.2) is 48.3 Å². The van der Waals surface area contributed by atoms with Gasteiger partial charge in [0, 0.05) is 24.1 Å². The van der Waals surface area contributed by atoms with E-state index >= 15 is 4.39 Å². The number of nitriles is 1. The standard InChI is InChI=1S/C48H44F4N8O4/c1-46(2)44(62)60(38-28-39(48(50,51)52)41(29-53)54-30-38)45(63)59(46)31-34-25-24-33(27-40(34)49)42-32-58(57-55-42)26-16-5-3-4-15-23-43(61)56-64-47(35-17-9-6-10-18-35,36-19-11-7-12-20-36)37-21-13-8-14-22-37/h6-14,17-22,24-25,27-28,30,32H,3-5,15-16,23,26,31H2,1-2H3,(H,56,61). The molecule has 1 aliphatic heterocycles. The zero-order valence-electron chi connectivity index (χ0n) is 35.1. The number of aryl methyl sites for hydroxylation is 1. The lowest BCUT2D eigenvalue weighted by Gasteiger charge is -2.35. The zero-order chi connectivity index (χ0) is 45.5. The average molecular weight is 873 g/mol. The topological polar surface area (TPSA) is 146 Å². The quantitative estimate of drug-likeness (QED) is 0.0314. The molecule has 0 aliphatic carbocycles. The Balaban J connectivity index is 0.887. The number of alkyl halides is 3. The van der Waals surface area contributed by atoms with Crippen molar-refractivity contribution in [1.82, 2.24) is 30.4 Å². The summed E-state index contributed by atoms with van der Waals surface area (Å²) in [5.41, 5.74) is 0.918. The highest BCUT2D eigenvalue weighted by Crippen LogP contribution is 2.40. The summed E-state index contributed by atoms with van der Waals surface area (Å²) in [4.78, 5) is 51.5. The van der Waals surface area contributed by atoms with E-state index in [9.17, 15) is 27.6 Å². The molecule has 64 heavy (non-hydrogen) atoms. The van der Waals surface area contributed by atoms with Crippen LogP contribution in [-0.2, 0) is 39.3 Å². The van der Waals surface area contributed by atoms with Crippen LogP contribution in [0, 0.1) is 17.1 Å². The fraction of sp³-hybridized carbons (Fsp3) is 0.271. The number of carbonyl (C=O) groups excluding carboxylic acids is 3. The number of pyridine rings is 1. The number of nitrogens with one attached hydrogen (secondary N) is 1. The SMILES string of the molecule is CC1(C)C(=O)N(c2cnc(C#N)c(C(F)(F)F)c2)C(=O)N1Cc1ccc(-c2cn(CCCCCCCC(=O)NOC(c3ccccc3)(c3ccccc3)c3ccccc3)nn2)cc1F. The lowest BCUT2D eigenvalue weighted by atomic mass is 9.80. The molecule has 4 aromatic carbocycles. The van der Waals surface area contributed by atoms with Crippen molar-refractivity contribution in [2.24, 2.45) is 0 Å². The van der Waals surface area contributed by atoms with Crippen molar-refractivity contribution < 1.29 is 36.8 Å². The second kappa shape index (κ2) is 19.0. The molecule has 0 bridgehead atoms. The van der Waals surface area contributed by atoms with Crippen LogP contribution >= 0.6 is 0 Å². The third-order valence-electron chi connectivity index (χ3n) is 11.2. The van der Waals surface area contributed by atoms with Gasteiger partial charge in [-0.1, -0.05) is 128 Å². The van der Waals surface area contributed by atoms with E-state index in [0.717, 1.165) is 53.5 Å². The number of aromatic nitrogens is 4. The van der Waals surface area contributed by atoms with Crippen LogP contribution in [0.3, 0.4) is 0 Å². The summed E-state index contributed by atoms with van der Waals surface area (Å²) in [6.07, 6.45) is 1.96. The minimum absolute atomic E-state index is 0.0609. The maximum Gasteiger partial charge on any atom is 0.419 e. The maximum atomic E-state index is 15.6. The lowest BCUT2D eigenvalue weighted by Crippen LogP contribution is -2.43. The normalized spacial score (nSPS) is 13.9. The minimum Gasteiger partial charge on any atom is -0.305 e. The van der Waals surface area contributed by atoms with E-state index in [0.29, 0.717) is 41.6 Å². The molecule has 12 nitrogen and oxygen atoms in total. The van der Waals surface area contributed by atoms with Gasteiger partial charge in [0.2, 0.25) is 5.91 Å². The van der Waals surface area contributed by atoms with Crippen molar-refractivity contribution >= 4 is 23.5 Å². The summed E-state index contributed by atoms with van der Waals surface area (Å²) >= 11 is 0. The van der Waals surface area contributed by atoms with Crippen molar-refractivity contribution in [1.29, 1.82) is 5.26 Å². The van der Waals surface area contributed by atoms with E-state index in [1.165, 1.54) is 32.0 Å². The van der Waals surface area contributed by atoms with Crippen molar-refractivity contribution in [2.45, 2.75) is 82.8 Å². The molecule has 4 amide bonds. The van der Waals surface area contributed by atoms with Crippen LogP contribution in [0.2, 0.25) is 0 Å². The minimum atomic E-state index is -4.96. The summed E-state index contributed by atoms with van der Waals surface area (Å²) in [7, 11) is 0. The van der Waals surface area contributed by atoms with E-state index in [2.05, 4.69) is 20.8 Å². The van der Waals surface area contributed by atoms with Crippen LogP contribution in [0.5, 0.6) is 0 Å². The molecule has 0 spiro atoms. The van der Waals surface area contributed by atoms with Gasteiger partial charge < -0.3 is 4.90 Å². The Morgan fingerprint density at radius 3 is 2.00 bits per heavy atom. The molecule has 1 fully saturated rings. The Hall–Kier alpha value is -7.25. The van der Waals surface area contributed by atoms with Crippen LogP contribution in [0.1, 0.15) is 85.9 Å². The molecular formula is C48H44F4N8O4. The third kappa shape index (κ3) is 9.40. The first kappa shape index (κ1) is 44.8. The van der Waals surface area contributed by atoms with Gasteiger partial charge in [-0.05, 0) is 55.5 Å². The number of carbonyl (C=O) groups is 3. The first-order chi connectivity index (χ1) is 30.7. The van der Waals surface area contributed by atoms with Crippen molar-refractivity contribution in [3.63, 3.8) is 0 Å². The van der Waals surface area contributed by atoms with Gasteiger partial charge in [0.15, 0.2) is 11.3 Å². The number of nitrogens with zero attached hydrogens (tertiary/aromatic N) is 7. The number of hydrogen-bond donors (Lipinski definition) is 1. The van der Waals surface area contributed by atoms with E-state index in [1.807, 2.05) is 91.0 Å². The molecule has 0 unspecified atom stereocenters. The summed E-state index contributed by atoms with van der Waals surface area (Å²) < 4.78 is 58.1. The number of hydroxylamine groups is 1. The van der Waals surface area contributed by atoms with Crippen LogP contribution < -0.4 is 10.4 Å². The lowest BCUT2D eigenvalue weighted by molar-refractivity contribution is -0.143. The number of halogens is 4. The van der Waals surface area contributed by atoms with Crippen LogP contribution in [0.15, 0.2) is 128 Å². The second-order valence-corrected chi connectivity index (χ2v) is 15.9. The molecule has 1 saturated heterocycles. The Labute approximate surface area is 367 Å². The second-order valence-electron chi connectivity index (χ2n) is 15.9. The largest absolute Gasteiger partial charge is 0.419 e. The molecule has 3 heterocycles. The van der Waals surface area contributed by atoms with Gasteiger partial charge in [-0.15, -0.1) is 5.10 Å². The number of imide groups is 1. The van der Waals surface area contributed by atoms with Gasteiger partial charge in [0.1, 0.15) is 23.1 Å². The predicted octanol–water partition coefficient (Wildman–Crippen LogP) is 9.50. The fourth-order valence-corrected chi connectivity index (χ4v) is 7.72.